The molecular weight excluding hydrogens is 54.0 g/mol. The SMILES string of the molecule is CN[C-]=O. The Hall–Kier alpha value is -0.530. The van der Waals surface area contributed by atoms with E-state index in [1.54, 1.807) is 0 Å². The Labute approximate surface area is 24.8 Å². The molecule has 24 valence electrons. The van der Waals surface area contributed by atoms with Gasteiger partial charge in [-0.3, -0.25) is 0 Å². The van der Waals surface area contributed by atoms with Crippen LogP contribution in [0.4, 0.5) is 0 Å². The predicted molar refractivity (Wildman–Crippen MR) is 14.8 cm³/mol. The first-order chi connectivity index (χ1) is 1.91. The third-order valence-corrected chi connectivity index (χ3v) is 0.102. The second kappa shape index (κ2) is 2.47. The van der Waals surface area contributed by atoms with Gasteiger partial charge in [0.15, 0.2) is 0 Å². The van der Waals surface area contributed by atoms with Crippen LogP contribution >= 0.6 is 0 Å². The molecule has 0 aliphatic rings. The maximum Gasteiger partial charge on any atom is -0.0263 e. The van der Waals surface area contributed by atoms with Crippen LogP contribution in [0.2, 0.25) is 0 Å². The molecule has 0 aromatic carbocycles. The Bertz CT molecular complexity index is 20.0. The average molecular weight is 58.1 g/mol. The van der Waals surface area contributed by atoms with Gasteiger partial charge in [-0.25, -0.2) is 0 Å². The van der Waals surface area contributed by atoms with Gasteiger partial charge in [-0.15, -0.1) is 0 Å². The van der Waals surface area contributed by atoms with Crippen LogP contribution in [0.1, 0.15) is 0 Å². The normalized spacial score (nSPS) is 5.25. The first-order valence-electron chi connectivity index (χ1n) is 0.954. The minimum Gasteiger partial charge on any atom is -0.532 e. The first kappa shape index (κ1) is 3.47. The molecule has 0 bridgehead atoms. The molecule has 0 atom stereocenters. The maximum absolute atomic E-state index is 8.94. The quantitative estimate of drug-likeness (QED) is 0.312. The summed E-state index contributed by atoms with van der Waals surface area (Å²) in [4.78, 5) is 8.94. The van der Waals surface area contributed by atoms with Gasteiger partial charge in [0.05, 0.1) is 0 Å². The van der Waals surface area contributed by atoms with E-state index in [0.717, 1.165) is 0 Å². The van der Waals surface area contributed by atoms with Crippen molar-refractivity contribution in [3.05, 3.63) is 0 Å². The molecule has 0 saturated heterocycles. The molecule has 2 nitrogen and oxygen atoms in total. The number of hydrogen-bond acceptors (Lipinski definition) is 1. The summed E-state index contributed by atoms with van der Waals surface area (Å²) in [6, 6.07) is 0. The van der Waals surface area contributed by atoms with Gasteiger partial charge in [0.1, 0.15) is 0 Å². The van der Waals surface area contributed by atoms with E-state index < -0.39 is 0 Å². The molecule has 1 amide bonds. The number of rotatable bonds is 1. The largest absolute Gasteiger partial charge is 0.532 e. The highest BCUT2D eigenvalue weighted by atomic mass is 16.1. The molecular formula is C2H4NO-. The van der Waals surface area contributed by atoms with Crippen molar-refractivity contribution in [3.63, 3.8) is 0 Å². The summed E-state index contributed by atoms with van der Waals surface area (Å²) >= 11 is 0. The van der Waals surface area contributed by atoms with Crippen LogP contribution in [0.3, 0.4) is 0 Å². The molecule has 0 heterocycles. The molecule has 0 rings (SSSR count). The average Bonchev–Trinajstić information content (AvgIpc) is 1.37. The molecule has 0 unspecified atom stereocenters. The summed E-state index contributed by atoms with van der Waals surface area (Å²) in [5, 5.41) is 2.12. The van der Waals surface area contributed by atoms with Crippen LogP contribution in [-0.2, 0) is 4.79 Å². The topological polar surface area (TPSA) is 29.1 Å². The fourth-order valence-electron chi connectivity index (χ4n) is 0. The van der Waals surface area contributed by atoms with E-state index in [9.17, 15) is 0 Å². The van der Waals surface area contributed by atoms with Gasteiger partial charge in [-0.05, 0) is 7.05 Å². The van der Waals surface area contributed by atoms with Crippen LogP contribution in [0.25, 0.3) is 0 Å². The second-order valence-electron chi connectivity index (χ2n) is 0.352. The van der Waals surface area contributed by atoms with Gasteiger partial charge in [0.2, 0.25) is 0 Å². The Morgan fingerprint density at radius 2 is 2.25 bits per heavy atom. The highest BCUT2D eigenvalue weighted by Crippen LogP contribution is 1.10. The zero-order valence-electron chi connectivity index (χ0n) is 2.41. The standard InChI is InChI=1S/C2H4NO/c1-3-2-4/h1H3,(H,3,4)/q-1. The van der Waals surface area contributed by atoms with E-state index in [1.807, 2.05) is 0 Å². The Morgan fingerprint density at radius 3 is 2.25 bits per heavy atom. The van der Waals surface area contributed by atoms with E-state index >= 15 is 0 Å². The van der Waals surface area contributed by atoms with Crippen molar-refractivity contribution in [2.24, 2.45) is 0 Å². The minimum absolute atomic E-state index is 1.43. The highest BCUT2D eigenvalue weighted by Gasteiger charge is 1.20. The van der Waals surface area contributed by atoms with Crippen molar-refractivity contribution >= 4 is 6.41 Å². The van der Waals surface area contributed by atoms with E-state index in [4.69, 9.17) is 4.79 Å². The van der Waals surface area contributed by atoms with Crippen molar-refractivity contribution in [2.75, 3.05) is 7.05 Å². The number of carbonyl (C=O) groups excluding carboxylic acids is 1. The Kier molecular flexibility index (Phi) is 2.14. The fraction of sp³-hybridized carbons (Fsp3) is 0.500. The number of hydrogen-bond donors (Lipinski definition) is 1. The molecule has 0 aromatic rings. The highest BCUT2D eigenvalue weighted by molar-refractivity contribution is 5.46. The van der Waals surface area contributed by atoms with Gasteiger partial charge in [0.25, 0.3) is 0 Å². The van der Waals surface area contributed by atoms with Crippen LogP contribution in [-0.4, -0.2) is 13.5 Å². The molecule has 0 aliphatic carbocycles. The third-order valence-electron chi connectivity index (χ3n) is 0.102. The van der Waals surface area contributed by atoms with Crippen molar-refractivity contribution in [2.45, 2.75) is 0 Å². The maximum atomic E-state index is 8.94. The fourth-order valence-corrected chi connectivity index (χ4v) is 0. The lowest BCUT2D eigenvalue weighted by Crippen LogP contribution is -1.97. The molecule has 0 aromatic heterocycles. The first-order valence-corrected chi connectivity index (χ1v) is 0.954. The lowest BCUT2D eigenvalue weighted by Gasteiger charge is -1.85. The van der Waals surface area contributed by atoms with Gasteiger partial charge >= 0.3 is 0 Å². The number of nitrogens with one attached hydrogen (secondary N) is 1. The molecule has 2 heteroatoms. The summed E-state index contributed by atoms with van der Waals surface area (Å²) in [5.74, 6) is 0. The monoisotopic (exact) mass is 58.0 g/mol. The molecule has 1 N–H and O–H groups in total. The lowest BCUT2D eigenvalue weighted by molar-refractivity contribution is 0.548. The molecule has 0 fully saturated rings. The summed E-state index contributed by atoms with van der Waals surface area (Å²) in [6.45, 7) is 0. The van der Waals surface area contributed by atoms with E-state index in [1.165, 1.54) is 13.5 Å². The molecule has 0 spiro atoms. The molecule has 0 radical (unpaired) electrons. The summed E-state index contributed by atoms with van der Waals surface area (Å²) in [6.07, 6.45) is 1.43. The van der Waals surface area contributed by atoms with Gasteiger partial charge in [-0.2, -0.15) is 6.41 Å². The smallest absolute Gasteiger partial charge is 0.0263 e. The van der Waals surface area contributed by atoms with Gasteiger partial charge in [0, 0.05) is 0 Å². The van der Waals surface area contributed by atoms with Crippen molar-refractivity contribution in [1.82, 2.24) is 5.32 Å². The zero-order chi connectivity index (χ0) is 3.41. The van der Waals surface area contributed by atoms with Crippen molar-refractivity contribution in [1.29, 1.82) is 0 Å². The number of amides is 1. The zero-order valence-corrected chi connectivity index (χ0v) is 2.41. The van der Waals surface area contributed by atoms with Gasteiger partial charge in [-0.1, -0.05) is 0 Å². The summed E-state index contributed by atoms with van der Waals surface area (Å²) in [5.41, 5.74) is 0. The third kappa shape index (κ3) is 1.47. The van der Waals surface area contributed by atoms with Crippen LogP contribution in [0.5, 0.6) is 0 Å². The summed E-state index contributed by atoms with van der Waals surface area (Å²) in [7, 11) is 1.51. The van der Waals surface area contributed by atoms with E-state index in [-0.39, 0.29) is 0 Å². The second-order valence-corrected chi connectivity index (χ2v) is 0.352. The predicted octanol–water partition coefficient (Wildman–Crippen LogP) is -0.727. The van der Waals surface area contributed by atoms with Crippen LogP contribution < -0.4 is 5.32 Å². The minimum atomic E-state index is 1.43. The Balaban J connectivity index is 2.30. The van der Waals surface area contributed by atoms with E-state index in [2.05, 4.69) is 5.32 Å². The van der Waals surface area contributed by atoms with Crippen LogP contribution in [0, 0.1) is 0 Å². The van der Waals surface area contributed by atoms with Crippen LogP contribution in [0.15, 0.2) is 0 Å². The molecule has 0 saturated carbocycles. The summed E-state index contributed by atoms with van der Waals surface area (Å²) < 4.78 is 0. The lowest BCUT2D eigenvalue weighted by atomic mass is 11.2. The van der Waals surface area contributed by atoms with E-state index in [0.29, 0.717) is 0 Å². The molecule has 4 heavy (non-hydrogen) atoms. The Morgan fingerprint density at radius 1 is 2.00 bits per heavy atom. The van der Waals surface area contributed by atoms with Crippen molar-refractivity contribution < 1.29 is 4.79 Å². The molecule has 0 aliphatic heterocycles. The van der Waals surface area contributed by atoms with Crippen molar-refractivity contribution in [3.8, 4) is 0 Å². The van der Waals surface area contributed by atoms with Gasteiger partial charge < -0.3 is 10.1 Å².